The van der Waals surface area contributed by atoms with E-state index in [9.17, 15) is 9.59 Å². The largest absolute Gasteiger partial charge is 0.463 e. The van der Waals surface area contributed by atoms with Crippen molar-refractivity contribution in [3.63, 3.8) is 0 Å². The van der Waals surface area contributed by atoms with Gasteiger partial charge >= 0.3 is 5.97 Å². The second kappa shape index (κ2) is 11.6. The molecular formula is C22H23Cl2NO4. The van der Waals surface area contributed by atoms with E-state index in [2.05, 4.69) is 5.32 Å². The molecule has 0 fully saturated rings. The minimum absolute atomic E-state index is 0.0573. The predicted octanol–water partition coefficient (Wildman–Crippen LogP) is 4.45. The van der Waals surface area contributed by atoms with Crippen LogP contribution >= 0.6 is 23.2 Å². The van der Waals surface area contributed by atoms with Gasteiger partial charge < -0.3 is 14.8 Å². The standard InChI is InChI=1S/C22H23Cl2NO4/c1-3-29-22(27)9-8-20(25-21(26)14-28-2)10-15-4-6-16(7-5-15)17-11-18(23)13-19(24)12-17/h4-9,11-13,20H,3,10,14H2,1-2H3,(H,25,26)/t20-/m1/s1. The molecule has 2 aromatic rings. The Kier molecular flexibility index (Phi) is 9.19. The third kappa shape index (κ3) is 7.89. The zero-order valence-electron chi connectivity index (χ0n) is 16.3. The van der Waals surface area contributed by atoms with Crippen molar-refractivity contribution in [1.82, 2.24) is 5.32 Å². The lowest BCUT2D eigenvalue weighted by Crippen LogP contribution is -2.37. The first kappa shape index (κ1) is 22.9. The van der Waals surface area contributed by atoms with Crippen LogP contribution < -0.4 is 5.32 Å². The number of amides is 1. The molecule has 0 aromatic heterocycles. The Hall–Kier alpha value is -2.34. The third-order valence-electron chi connectivity index (χ3n) is 3.98. The summed E-state index contributed by atoms with van der Waals surface area (Å²) in [5.41, 5.74) is 2.87. The summed E-state index contributed by atoms with van der Waals surface area (Å²) in [6.07, 6.45) is 3.45. The molecule has 0 aliphatic carbocycles. The summed E-state index contributed by atoms with van der Waals surface area (Å²) in [4.78, 5) is 23.5. The molecule has 154 valence electrons. The van der Waals surface area contributed by atoms with Crippen LogP contribution in [-0.2, 0) is 25.5 Å². The number of esters is 1. The van der Waals surface area contributed by atoms with E-state index in [4.69, 9.17) is 32.7 Å². The molecule has 5 nitrogen and oxygen atoms in total. The van der Waals surface area contributed by atoms with Gasteiger partial charge in [0.1, 0.15) is 6.61 Å². The monoisotopic (exact) mass is 435 g/mol. The van der Waals surface area contributed by atoms with E-state index in [1.807, 2.05) is 36.4 Å². The normalized spacial score (nSPS) is 12.0. The molecule has 0 bridgehead atoms. The molecule has 7 heteroatoms. The fourth-order valence-corrected chi connectivity index (χ4v) is 3.27. The Labute approximate surface area is 180 Å². The summed E-state index contributed by atoms with van der Waals surface area (Å²) >= 11 is 12.2. The molecule has 0 heterocycles. The molecule has 0 unspecified atom stereocenters. The van der Waals surface area contributed by atoms with Crippen molar-refractivity contribution in [2.75, 3.05) is 20.3 Å². The number of ether oxygens (including phenoxy) is 2. The van der Waals surface area contributed by atoms with E-state index in [1.54, 1.807) is 19.1 Å². The minimum Gasteiger partial charge on any atom is -0.463 e. The molecule has 2 rings (SSSR count). The molecule has 0 aliphatic rings. The Bertz CT molecular complexity index is 845. The maximum atomic E-state index is 11.9. The second-order valence-corrected chi connectivity index (χ2v) is 7.15. The van der Waals surface area contributed by atoms with E-state index in [0.29, 0.717) is 23.1 Å². The van der Waals surface area contributed by atoms with Crippen LogP contribution in [0.5, 0.6) is 0 Å². The van der Waals surface area contributed by atoms with Gasteiger partial charge in [0.2, 0.25) is 5.91 Å². The lowest BCUT2D eigenvalue weighted by Gasteiger charge is -2.15. The van der Waals surface area contributed by atoms with Crippen molar-refractivity contribution in [2.45, 2.75) is 19.4 Å². The topological polar surface area (TPSA) is 64.6 Å². The highest BCUT2D eigenvalue weighted by molar-refractivity contribution is 6.35. The van der Waals surface area contributed by atoms with Crippen LogP contribution in [0.3, 0.4) is 0 Å². The van der Waals surface area contributed by atoms with Gasteiger partial charge in [-0.15, -0.1) is 0 Å². The molecule has 1 N–H and O–H groups in total. The minimum atomic E-state index is -0.452. The summed E-state index contributed by atoms with van der Waals surface area (Å²) in [6.45, 7) is 1.97. The number of carbonyl (C=O) groups excluding carboxylic acids is 2. The van der Waals surface area contributed by atoms with E-state index < -0.39 is 5.97 Å². The SMILES string of the molecule is CCOC(=O)C=C[C@H](Cc1ccc(-c2cc(Cl)cc(Cl)c2)cc1)NC(=O)COC. The number of carbonyl (C=O) groups is 2. The van der Waals surface area contributed by atoms with Crippen molar-refractivity contribution >= 4 is 35.1 Å². The number of halogens is 2. The third-order valence-corrected chi connectivity index (χ3v) is 4.41. The number of rotatable bonds is 9. The Morgan fingerprint density at radius 3 is 2.31 bits per heavy atom. The van der Waals surface area contributed by atoms with Gasteiger partial charge in [-0.05, 0) is 48.2 Å². The van der Waals surface area contributed by atoms with E-state index >= 15 is 0 Å². The van der Waals surface area contributed by atoms with Crippen LogP contribution in [0.25, 0.3) is 11.1 Å². The number of benzene rings is 2. The summed E-state index contributed by atoms with van der Waals surface area (Å²) in [5.74, 6) is -0.720. The van der Waals surface area contributed by atoms with Crippen LogP contribution in [0.1, 0.15) is 12.5 Å². The Balaban J connectivity index is 2.14. The van der Waals surface area contributed by atoms with Crippen LogP contribution in [0.15, 0.2) is 54.6 Å². The fraction of sp³-hybridized carbons (Fsp3) is 0.273. The van der Waals surface area contributed by atoms with Gasteiger partial charge in [-0.25, -0.2) is 4.79 Å². The van der Waals surface area contributed by atoms with Crippen molar-refractivity contribution < 1.29 is 19.1 Å². The van der Waals surface area contributed by atoms with Gasteiger partial charge in [-0.3, -0.25) is 4.79 Å². The number of methoxy groups -OCH3 is 1. The average molecular weight is 436 g/mol. The van der Waals surface area contributed by atoms with Crippen LogP contribution in [0.2, 0.25) is 10.0 Å². The predicted molar refractivity (Wildman–Crippen MR) is 115 cm³/mol. The van der Waals surface area contributed by atoms with Crippen LogP contribution in [0.4, 0.5) is 0 Å². The van der Waals surface area contributed by atoms with Gasteiger partial charge in [0.15, 0.2) is 0 Å². The first-order valence-corrected chi connectivity index (χ1v) is 9.85. The quantitative estimate of drug-likeness (QED) is 0.466. The summed E-state index contributed by atoms with van der Waals surface area (Å²) in [7, 11) is 1.45. The van der Waals surface area contributed by atoms with Gasteiger partial charge in [-0.2, -0.15) is 0 Å². The van der Waals surface area contributed by atoms with Gasteiger partial charge in [0.05, 0.1) is 12.6 Å². The first-order valence-electron chi connectivity index (χ1n) is 9.10. The van der Waals surface area contributed by atoms with Crippen molar-refractivity contribution in [3.8, 4) is 11.1 Å². The lowest BCUT2D eigenvalue weighted by molar-refractivity contribution is -0.137. The van der Waals surface area contributed by atoms with Gasteiger partial charge in [-0.1, -0.05) is 53.5 Å². The van der Waals surface area contributed by atoms with Gasteiger partial charge in [0, 0.05) is 23.2 Å². The molecule has 0 radical (unpaired) electrons. The fourth-order valence-electron chi connectivity index (χ4n) is 2.74. The number of hydrogen-bond donors (Lipinski definition) is 1. The highest BCUT2D eigenvalue weighted by Crippen LogP contribution is 2.27. The van der Waals surface area contributed by atoms with Crippen LogP contribution in [-0.4, -0.2) is 38.2 Å². The molecule has 0 saturated carbocycles. The van der Waals surface area contributed by atoms with E-state index in [0.717, 1.165) is 16.7 Å². The maximum absolute atomic E-state index is 11.9. The summed E-state index contributed by atoms with van der Waals surface area (Å²) in [6, 6.07) is 12.8. The molecule has 0 aliphatic heterocycles. The van der Waals surface area contributed by atoms with Crippen LogP contribution in [0, 0.1) is 0 Å². The Morgan fingerprint density at radius 1 is 1.07 bits per heavy atom. The summed E-state index contributed by atoms with van der Waals surface area (Å²) in [5, 5.41) is 3.97. The number of hydrogen-bond acceptors (Lipinski definition) is 4. The highest BCUT2D eigenvalue weighted by Gasteiger charge is 2.12. The van der Waals surface area contributed by atoms with E-state index in [-0.39, 0.29) is 18.6 Å². The molecule has 2 aromatic carbocycles. The van der Waals surface area contributed by atoms with E-state index in [1.165, 1.54) is 13.2 Å². The van der Waals surface area contributed by atoms with Crippen molar-refractivity contribution in [1.29, 1.82) is 0 Å². The van der Waals surface area contributed by atoms with Crippen molar-refractivity contribution in [2.24, 2.45) is 0 Å². The molecule has 1 amide bonds. The first-order chi connectivity index (χ1) is 13.9. The molecule has 1 atom stereocenters. The number of nitrogens with one attached hydrogen (secondary N) is 1. The maximum Gasteiger partial charge on any atom is 0.330 e. The lowest BCUT2D eigenvalue weighted by atomic mass is 10.0. The zero-order valence-corrected chi connectivity index (χ0v) is 17.8. The molecule has 0 spiro atoms. The molecular weight excluding hydrogens is 413 g/mol. The summed E-state index contributed by atoms with van der Waals surface area (Å²) < 4.78 is 9.75. The van der Waals surface area contributed by atoms with Crippen molar-refractivity contribution in [3.05, 3.63) is 70.2 Å². The highest BCUT2D eigenvalue weighted by atomic mass is 35.5. The van der Waals surface area contributed by atoms with Gasteiger partial charge in [0.25, 0.3) is 0 Å². The molecule has 0 saturated heterocycles. The zero-order chi connectivity index (χ0) is 21.2. The second-order valence-electron chi connectivity index (χ2n) is 6.28. The Morgan fingerprint density at radius 2 is 1.72 bits per heavy atom. The average Bonchev–Trinajstić information content (AvgIpc) is 2.66. The smallest absolute Gasteiger partial charge is 0.330 e. The molecule has 29 heavy (non-hydrogen) atoms.